The number of rotatable bonds is 6. The summed E-state index contributed by atoms with van der Waals surface area (Å²) in [5.74, 6) is 0.240. The summed E-state index contributed by atoms with van der Waals surface area (Å²) in [6.07, 6.45) is 7.50. The van der Waals surface area contributed by atoms with Gasteiger partial charge in [-0.1, -0.05) is 25.7 Å². The molecule has 1 rings (SSSR count). The molecule has 0 radical (unpaired) electrons. The van der Waals surface area contributed by atoms with E-state index in [1.165, 1.54) is 12.8 Å². The van der Waals surface area contributed by atoms with Crippen molar-refractivity contribution < 1.29 is 8.42 Å². The number of hydrogen-bond acceptors (Lipinski definition) is 3. The summed E-state index contributed by atoms with van der Waals surface area (Å²) in [6, 6.07) is 0.182. The van der Waals surface area contributed by atoms with Crippen molar-refractivity contribution in [3.8, 4) is 0 Å². The molecule has 4 nitrogen and oxygen atoms in total. The Bertz CT molecular complexity index is 270. The van der Waals surface area contributed by atoms with Crippen LogP contribution in [0.25, 0.3) is 0 Å². The van der Waals surface area contributed by atoms with Gasteiger partial charge in [0.15, 0.2) is 0 Å². The molecule has 0 spiro atoms. The van der Waals surface area contributed by atoms with Crippen molar-refractivity contribution in [1.29, 1.82) is 0 Å². The van der Waals surface area contributed by atoms with Crippen LogP contribution in [-0.4, -0.2) is 33.8 Å². The third-order valence-corrected chi connectivity index (χ3v) is 4.56. The molecule has 0 unspecified atom stereocenters. The topological polar surface area (TPSA) is 58.2 Å². The Hall–Kier alpha value is -0.130. The Morgan fingerprint density at radius 3 is 2.31 bits per heavy atom. The largest absolute Gasteiger partial charge is 0.320 e. The summed E-state index contributed by atoms with van der Waals surface area (Å²) >= 11 is 0. The molecule has 16 heavy (non-hydrogen) atoms. The maximum atomic E-state index is 11.7. The Balaban J connectivity index is 2.32. The van der Waals surface area contributed by atoms with Crippen LogP contribution in [0.4, 0.5) is 0 Å². The molecule has 0 atom stereocenters. The van der Waals surface area contributed by atoms with Gasteiger partial charge in [-0.15, -0.1) is 0 Å². The van der Waals surface area contributed by atoms with E-state index in [2.05, 4.69) is 10.0 Å². The lowest BCUT2D eigenvalue weighted by atomic mass is 10.1. The molecule has 1 aliphatic rings. The predicted octanol–water partition coefficient (Wildman–Crippen LogP) is 1.24. The number of hydrogen-bond donors (Lipinski definition) is 2. The Labute approximate surface area is 99.2 Å². The lowest BCUT2D eigenvalue weighted by Crippen LogP contribution is -2.36. The van der Waals surface area contributed by atoms with Crippen LogP contribution >= 0.6 is 0 Å². The highest BCUT2D eigenvalue weighted by Gasteiger charge is 2.18. The smallest absolute Gasteiger partial charge is 0.211 e. The van der Waals surface area contributed by atoms with Crippen LogP contribution in [0, 0.1) is 0 Å². The van der Waals surface area contributed by atoms with Crippen LogP contribution in [0.5, 0.6) is 0 Å². The van der Waals surface area contributed by atoms with Gasteiger partial charge in [0.25, 0.3) is 0 Å². The van der Waals surface area contributed by atoms with Crippen molar-refractivity contribution in [2.75, 3.05) is 19.3 Å². The standard InChI is InChI=1S/C11H24N2O2S/c1-12-9-6-10-16(14,15)13-11-7-4-2-3-5-8-11/h11-13H,2-10H2,1H3. The van der Waals surface area contributed by atoms with Gasteiger partial charge in [0.1, 0.15) is 0 Å². The zero-order chi connectivity index (χ0) is 11.9. The zero-order valence-corrected chi connectivity index (χ0v) is 11.0. The predicted molar refractivity (Wildman–Crippen MR) is 67.0 cm³/mol. The van der Waals surface area contributed by atoms with Crippen molar-refractivity contribution in [2.45, 2.75) is 51.0 Å². The first-order chi connectivity index (χ1) is 7.64. The van der Waals surface area contributed by atoms with Gasteiger partial charge in [-0.3, -0.25) is 0 Å². The molecule has 0 saturated heterocycles. The molecule has 0 aromatic heterocycles. The van der Waals surface area contributed by atoms with E-state index in [0.717, 1.165) is 32.2 Å². The molecule has 1 saturated carbocycles. The summed E-state index contributed by atoms with van der Waals surface area (Å²) in [6.45, 7) is 0.756. The van der Waals surface area contributed by atoms with E-state index < -0.39 is 10.0 Å². The Morgan fingerprint density at radius 2 is 1.75 bits per heavy atom. The third kappa shape index (κ3) is 5.82. The van der Waals surface area contributed by atoms with Crippen LogP contribution < -0.4 is 10.0 Å². The second kappa shape index (κ2) is 7.25. The number of sulfonamides is 1. The molecule has 0 heterocycles. The first-order valence-corrected chi connectivity index (χ1v) is 7.94. The lowest BCUT2D eigenvalue weighted by Gasteiger charge is -2.16. The molecule has 0 aromatic rings. The molecule has 0 aromatic carbocycles. The molecule has 5 heteroatoms. The summed E-state index contributed by atoms with van der Waals surface area (Å²) in [4.78, 5) is 0. The van der Waals surface area contributed by atoms with E-state index in [-0.39, 0.29) is 11.8 Å². The van der Waals surface area contributed by atoms with Crippen molar-refractivity contribution in [1.82, 2.24) is 10.0 Å². The van der Waals surface area contributed by atoms with Gasteiger partial charge in [0.05, 0.1) is 5.75 Å². The van der Waals surface area contributed by atoms with E-state index in [0.29, 0.717) is 6.42 Å². The van der Waals surface area contributed by atoms with Gasteiger partial charge in [-0.2, -0.15) is 0 Å². The third-order valence-electron chi connectivity index (χ3n) is 3.04. The van der Waals surface area contributed by atoms with Gasteiger partial charge >= 0.3 is 0 Å². The average molecular weight is 248 g/mol. The van der Waals surface area contributed by atoms with Crippen LogP contribution in [0.3, 0.4) is 0 Å². The molecule has 0 bridgehead atoms. The van der Waals surface area contributed by atoms with Gasteiger partial charge < -0.3 is 5.32 Å². The first-order valence-electron chi connectivity index (χ1n) is 6.28. The highest BCUT2D eigenvalue weighted by Crippen LogP contribution is 2.17. The quantitative estimate of drug-likeness (QED) is 0.549. The van der Waals surface area contributed by atoms with Crippen LogP contribution in [0.15, 0.2) is 0 Å². The first kappa shape index (κ1) is 13.9. The van der Waals surface area contributed by atoms with Crippen molar-refractivity contribution >= 4 is 10.0 Å². The maximum Gasteiger partial charge on any atom is 0.211 e. The minimum atomic E-state index is -3.06. The second-order valence-electron chi connectivity index (χ2n) is 4.58. The zero-order valence-electron chi connectivity index (χ0n) is 10.2. The average Bonchev–Trinajstić information content (AvgIpc) is 2.46. The molecule has 2 N–H and O–H groups in total. The molecular formula is C11H24N2O2S. The second-order valence-corrected chi connectivity index (χ2v) is 6.46. The fourth-order valence-electron chi connectivity index (χ4n) is 2.15. The summed E-state index contributed by atoms with van der Waals surface area (Å²) < 4.78 is 26.3. The minimum absolute atomic E-state index is 0.182. The summed E-state index contributed by atoms with van der Waals surface area (Å²) in [7, 11) is -1.22. The monoisotopic (exact) mass is 248 g/mol. The molecular weight excluding hydrogens is 224 g/mol. The Kier molecular flexibility index (Phi) is 6.31. The maximum absolute atomic E-state index is 11.7. The van der Waals surface area contributed by atoms with Gasteiger partial charge in [0, 0.05) is 6.04 Å². The summed E-state index contributed by atoms with van der Waals surface area (Å²) in [5.41, 5.74) is 0. The van der Waals surface area contributed by atoms with Crippen LogP contribution in [0.1, 0.15) is 44.9 Å². The lowest BCUT2D eigenvalue weighted by molar-refractivity contribution is 0.508. The minimum Gasteiger partial charge on any atom is -0.320 e. The number of nitrogens with one attached hydrogen (secondary N) is 2. The fraction of sp³-hybridized carbons (Fsp3) is 1.00. The fourth-order valence-corrected chi connectivity index (χ4v) is 3.53. The van der Waals surface area contributed by atoms with Crippen LogP contribution in [0.2, 0.25) is 0 Å². The molecule has 0 amide bonds. The molecule has 0 aliphatic heterocycles. The van der Waals surface area contributed by atoms with Gasteiger partial charge in [0.2, 0.25) is 10.0 Å². The van der Waals surface area contributed by atoms with E-state index in [1.54, 1.807) is 0 Å². The highest BCUT2D eigenvalue weighted by atomic mass is 32.2. The van der Waals surface area contributed by atoms with E-state index >= 15 is 0 Å². The van der Waals surface area contributed by atoms with Gasteiger partial charge in [-0.05, 0) is 32.9 Å². The van der Waals surface area contributed by atoms with Gasteiger partial charge in [-0.25, -0.2) is 13.1 Å². The highest BCUT2D eigenvalue weighted by molar-refractivity contribution is 7.89. The Morgan fingerprint density at radius 1 is 1.12 bits per heavy atom. The van der Waals surface area contributed by atoms with Crippen molar-refractivity contribution in [3.05, 3.63) is 0 Å². The molecule has 96 valence electrons. The van der Waals surface area contributed by atoms with E-state index in [9.17, 15) is 8.42 Å². The molecule has 1 aliphatic carbocycles. The SMILES string of the molecule is CNCCCS(=O)(=O)NC1CCCCCC1. The normalized spacial score (nSPS) is 19.6. The molecule has 1 fully saturated rings. The van der Waals surface area contributed by atoms with Crippen LogP contribution in [-0.2, 0) is 10.0 Å². The van der Waals surface area contributed by atoms with Crippen molar-refractivity contribution in [2.24, 2.45) is 0 Å². The summed E-state index contributed by atoms with van der Waals surface area (Å²) in [5, 5.41) is 2.96. The van der Waals surface area contributed by atoms with E-state index in [1.807, 2.05) is 7.05 Å². The van der Waals surface area contributed by atoms with Crippen molar-refractivity contribution in [3.63, 3.8) is 0 Å². The van der Waals surface area contributed by atoms with E-state index in [4.69, 9.17) is 0 Å².